The van der Waals surface area contributed by atoms with Crippen LogP contribution in [0.2, 0.25) is 0 Å². The zero-order valence-electron chi connectivity index (χ0n) is 10.8. The van der Waals surface area contributed by atoms with Gasteiger partial charge in [-0.2, -0.15) is 0 Å². The smallest absolute Gasteiger partial charge is 0.253 e. The highest BCUT2D eigenvalue weighted by Gasteiger charge is 2.08. The van der Waals surface area contributed by atoms with Gasteiger partial charge in [-0.25, -0.2) is 0 Å². The molecule has 0 unspecified atom stereocenters. The Morgan fingerprint density at radius 3 is 2.74 bits per heavy atom. The fourth-order valence-electron chi connectivity index (χ4n) is 1.66. The zero-order valence-corrected chi connectivity index (χ0v) is 13.2. The first-order valence-electron chi connectivity index (χ1n) is 5.86. The van der Waals surface area contributed by atoms with Gasteiger partial charge in [0.25, 0.3) is 5.91 Å². The Morgan fingerprint density at radius 2 is 2.11 bits per heavy atom. The van der Waals surface area contributed by atoms with Crippen LogP contribution in [0.3, 0.4) is 0 Å². The SMILES string of the molecule is CN(C)C(=O)c1cccc(NCc2ccc(Br)s2)c1. The van der Waals surface area contributed by atoms with Crippen LogP contribution >= 0.6 is 27.3 Å². The predicted octanol–water partition coefficient (Wildman–Crippen LogP) is 3.82. The lowest BCUT2D eigenvalue weighted by atomic mass is 10.2. The van der Waals surface area contributed by atoms with E-state index in [0.29, 0.717) is 5.56 Å². The molecule has 0 aliphatic heterocycles. The van der Waals surface area contributed by atoms with E-state index in [2.05, 4.69) is 27.3 Å². The summed E-state index contributed by atoms with van der Waals surface area (Å²) in [5, 5.41) is 3.33. The number of benzene rings is 1. The Bertz CT molecular complexity index is 580. The minimum atomic E-state index is 0.0162. The number of hydrogen-bond donors (Lipinski definition) is 1. The van der Waals surface area contributed by atoms with Crippen LogP contribution in [0.5, 0.6) is 0 Å². The summed E-state index contributed by atoms with van der Waals surface area (Å²) in [5.74, 6) is 0.0162. The van der Waals surface area contributed by atoms with Crippen LogP contribution in [-0.2, 0) is 6.54 Å². The molecule has 1 heterocycles. The maximum absolute atomic E-state index is 11.9. The molecule has 19 heavy (non-hydrogen) atoms. The number of carbonyl (C=O) groups excluding carboxylic acids is 1. The Hall–Kier alpha value is -1.33. The summed E-state index contributed by atoms with van der Waals surface area (Å²) < 4.78 is 1.13. The molecule has 0 spiro atoms. The number of nitrogens with zero attached hydrogens (tertiary/aromatic N) is 1. The van der Waals surface area contributed by atoms with Crippen molar-refractivity contribution in [3.8, 4) is 0 Å². The van der Waals surface area contributed by atoms with Gasteiger partial charge in [0.15, 0.2) is 0 Å². The van der Waals surface area contributed by atoms with Crippen LogP contribution < -0.4 is 5.32 Å². The first-order valence-corrected chi connectivity index (χ1v) is 7.47. The van der Waals surface area contributed by atoms with Crippen molar-refractivity contribution in [1.29, 1.82) is 0 Å². The lowest BCUT2D eigenvalue weighted by Gasteiger charge is -2.11. The van der Waals surface area contributed by atoms with E-state index in [4.69, 9.17) is 0 Å². The van der Waals surface area contributed by atoms with Crippen LogP contribution in [0.25, 0.3) is 0 Å². The second-order valence-corrected chi connectivity index (χ2v) is 6.89. The summed E-state index contributed by atoms with van der Waals surface area (Å²) in [6.45, 7) is 0.760. The number of nitrogens with one attached hydrogen (secondary N) is 1. The monoisotopic (exact) mass is 338 g/mol. The first kappa shape index (κ1) is 14.1. The third-order valence-corrected chi connectivity index (χ3v) is 4.23. The predicted molar refractivity (Wildman–Crippen MR) is 83.8 cm³/mol. The first-order chi connectivity index (χ1) is 9.06. The number of anilines is 1. The summed E-state index contributed by atoms with van der Waals surface area (Å²) in [4.78, 5) is 14.7. The van der Waals surface area contributed by atoms with Gasteiger partial charge in [-0.15, -0.1) is 11.3 Å². The van der Waals surface area contributed by atoms with E-state index >= 15 is 0 Å². The molecule has 0 saturated carbocycles. The van der Waals surface area contributed by atoms with Gasteiger partial charge in [-0.1, -0.05) is 6.07 Å². The number of thiophene rings is 1. The van der Waals surface area contributed by atoms with Gasteiger partial charge in [0.1, 0.15) is 0 Å². The summed E-state index contributed by atoms with van der Waals surface area (Å²) in [6.07, 6.45) is 0. The van der Waals surface area contributed by atoms with E-state index in [9.17, 15) is 4.79 Å². The fourth-order valence-corrected chi connectivity index (χ4v) is 3.08. The summed E-state index contributed by atoms with van der Waals surface area (Å²) in [5.41, 5.74) is 1.65. The maximum atomic E-state index is 11.9. The number of amides is 1. The van der Waals surface area contributed by atoms with E-state index in [0.717, 1.165) is 16.0 Å². The molecule has 1 amide bonds. The van der Waals surface area contributed by atoms with Crippen LogP contribution in [0.4, 0.5) is 5.69 Å². The highest BCUT2D eigenvalue weighted by Crippen LogP contribution is 2.23. The molecular formula is C14H15BrN2OS. The largest absolute Gasteiger partial charge is 0.380 e. The Kier molecular flexibility index (Phi) is 4.61. The highest BCUT2D eigenvalue weighted by molar-refractivity contribution is 9.11. The average Bonchev–Trinajstić information content (AvgIpc) is 2.81. The van der Waals surface area contributed by atoms with Crippen LogP contribution in [0, 0.1) is 0 Å². The van der Waals surface area contributed by atoms with Crippen LogP contribution in [0.1, 0.15) is 15.2 Å². The molecule has 0 bridgehead atoms. The summed E-state index contributed by atoms with van der Waals surface area (Å²) in [7, 11) is 3.51. The van der Waals surface area contributed by atoms with Crippen LogP contribution in [-0.4, -0.2) is 24.9 Å². The quantitative estimate of drug-likeness (QED) is 0.918. The minimum absolute atomic E-state index is 0.0162. The van der Waals surface area contributed by atoms with E-state index in [1.54, 1.807) is 30.3 Å². The second kappa shape index (κ2) is 6.21. The Morgan fingerprint density at radius 1 is 1.32 bits per heavy atom. The molecule has 1 N–H and O–H groups in total. The molecule has 1 aromatic carbocycles. The van der Waals surface area contributed by atoms with Gasteiger partial charge >= 0.3 is 0 Å². The van der Waals surface area contributed by atoms with Crippen molar-refractivity contribution in [3.63, 3.8) is 0 Å². The standard InChI is InChI=1S/C14H15BrN2OS/c1-17(2)14(18)10-4-3-5-11(8-10)16-9-12-6-7-13(15)19-12/h3-8,16H,9H2,1-2H3. The summed E-state index contributed by atoms with van der Waals surface area (Å²) in [6, 6.07) is 11.7. The second-order valence-electron chi connectivity index (χ2n) is 4.34. The fraction of sp³-hybridized carbons (Fsp3) is 0.214. The Balaban J connectivity index is 2.05. The Labute approximate surface area is 125 Å². The molecule has 0 atom stereocenters. The van der Waals surface area contributed by atoms with Crippen molar-refractivity contribution < 1.29 is 4.79 Å². The molecule has 3 nitrogen and oxygen atoms in total. The highest BCUT2D eigenvalue weighted by atomic mass is 79.9. The van der Waals surface area contributed by atoms with Crippen molar-refractivity contribution in [2.45, 2.75) is 6.54 Å². The van der Waals surface area contributed by atoms with E-state index < -0.39 is 0 Å². The lowest BCUT2D eigenvalue weighted by molar-refractivity contribution is 0.0827. The van der Waals surface area contributed by atoms with Crippen molar-refractivity contribution in [2.24, 2.45) is 0 Å². The third kappa shape index (κ3) is 3.81. The molecule has 0 radical (unpaired) electrons. The molecule has 2 aromatic rings. The normalized spacial score (nSPS) is 10.3. The molecule has 0 aliphatic rings. The van der Waals surface area contributed by atoms with Gasteiger partial charge in [0, 0.05) is 36.8 Å². The minimum Gasteiger partial charge on any atom is -0.380 e. The maximum Gasteiger partial charge on any atom is 0.253 e. The molecule has 0 aliphatic carbocycles. The van der Waals surface area contributed by atoms with Crippen molar-refractivity contribution in [1.82, 2.24) is 4.90 Å². The van der Waals surface area contributed by atoms with Gasteiger partial charge in [-0.05, 0) is 46.3 Å². The number of carbonyl (C=O) groups is 1. The number of rotatable bonds is 4. The van der Waals surface area contributed by atoms with E-state index in [1.165, 1.54) is 4.88 Å². The van der Waals surface area contributed by atoms with Crippen molar-refractivity contribution >= 4 is 38.9 Å². The van der Waals surface area contributed by atoms with Gasteiger partial charge < -0.3 is 10.2 Å². The molecule has 5 heteroatoms. The molecule has 0 saturated heterocycles. The van der Waals surface area contributed by atoms with Crippen LogP contribution in [0.15, 0.2) is 40.2 Å². The topological polar surface area (TPSA) is 32.3 Å². The molecular weight excluding hydrogens is 324 g/mol. The van der Waals surface area contributed by atoms with Gasteiger partial charge in [0.05, 0.1) is 3.79 Å². The third-order valence-electron chi connectivity index (χ3n) is 2.61. The van der Waals surface area contributed by atoms with E-state index in [-0.39, 0.29) is 5.91 Å². The lowest BCUT2D eigenvalue weighted by Crippen LogP contribution is -2.21. The number of halogens is 1. The molecule has 0 fully saturated rings. The van der Waals surface area contributed by atoms with Crippen molar-refractivity contribution in [3.05, 3.63) is 50.6 Å². The van der Waals surface area contributed by atoms with Crippen molar-refractivity contribution in [2.75, 3.05) is 19.4 Å². The van der Waals surface area contributed by atoms with Gasteiger partial charge in [0.2, 0.25) is 0 Å². The number of hydrogen-bond acceptors (Lipinski definition) is 3. The van der Waals surface area contributed by atoms with E-state index in [1.807, 2.05) is 30.3 Å². The average molecular weight is 339 g/mol. The molecule has 100 valence electrons. The zero-order chi connectivity index (χ0) is 13.8. The molecule has 1 aromatic heterocycles. The summed E-state index contributed by atoms with van der Waals surface area (Å²) >= 11 is 5.15. The van der Waals surface area contributed by atoms with Gasteiger partial charge in [-0.3, -0.25) is 4.79 Å². The molecule has 2 rings (SSSR count).